The van der Waals surface area contributed by atoms with Crippen LogP contribution in [0.3, 0.4) is 0 Å². The summed E-state index contributed by atoms with van der Waals surface area (Å²) in [6.45, 7) is 4.36. The monoisotopic (exact) mass is 404 g/mol. The van der Waals surface area contributed by atoms with Gasteiger partial charge in [0.2, 0.25) is 0 Å². The van der Waals surface area contributed by atoms with E-state index in [0.29, 0.717) is 23.5 Å². The standard InChI is InChI=1S/C19H21BrN2O3/c1-3-13-8-9-17(16(20)10-13)25-12-18(23)22-15-7-5-6-14(11-15)19(24)21-4-2/h5-11H,3-4,12H2,1-2H3,(H,21,24)(H,22,23). The fourth-order valence-corrected chi connectivity index (χ4v) is 2.76. The zero-order valence-electron chi connectivity index (χ0n) is 14.3. The van der Waals surface area contributed by atoms with Crippen LogP contribution in [0.15, 0.2) is 46.9 Å². The molecule has 6 heteroatoms. The van der Waals surface area contributed by atoms with E-state index in [9.17, 15) is 9.59 Å². The zero-order chi connectivity index (χ0) is 18.2. The number of ether oxygens (including phenoxy) is 1. The smallest absolute Gasteiger partial charge is 0.262 e. The van der Waals surface area contributed by atoms with Crippen LogP contribution >= 0.6 is 15.9 Å². The van der Waals surface area contributed by atoms with Gasteiger partial charge in [-0.3, -0.25) is 9.59 Å². The molecule has 2 N–H and O–H groups in total. The molecule has 5 nitrogen and oxygen atoms in total. The predicted octanol–water partition coefficient (Wildman–Crippen LogP) is 3.78. The quantitative estimate of drug-likeness (QED) is 0.737. The first-order chi connectivity index (χ1) is 12.0. The van der Waals surface area contributed by atoms with Gasteiger partial charge in [-0.25, -0.2) is 0 Å². The molecule has 25 heavy (non-hydrogen) atoms. The van der Waals surface area contributed by atoms with E-state index in [1.54, 1.807) is 24.3 Å². The van der Waals surface area contributed by atoms with Crippen molar-refractivity contribution >= 4 is 33.4 Å². The van der Waals surface area contributed by atoms with Gasteiger partial charge in [0, 0.05) is 17.8 Å². The molecule has 0 atom stereocenters. The highest BCUT2D eigenvalue weighted by molar-refractivity contribution is 9.10. The van der Waals surface area contributed by atoms with E-state index in [4.69, 9.17) is 4.74 Å². The van der Waals surface area contributed by atoms with Gasteiger partial charge in [-0.15, -0.1) is 0 Å². The summed E-state index contributed by atoms with van der Waals surface area (Å²) in [5, 5.41) is 5.46. The second-order valence-corrected chi connectivity index (χ2v) is 6.25. The first-order valence-electron chi connectivity index (χ1n) is 8.12. The summed E-state index contributed by atoms with van der Waals surface area (Å²) >= 11 is 3.44. The highest BCUT2D eigenvalue weighted by atomic mass is 79.9. The van der Waals surface area contributed by atoms with Crippen LogP contribution in [-0.2, 0) is 11.2 Å². The highest BCUT2D eigenvalue weighted by Crippen LogP contribution is 2.26. The van der Waals surface area contributed by atoms with Crippen LogP contribution in [0, 0.1) is 0 Å². The van der Waals surface area contributed by atoms with E-state index in [1.165, 1.54) is 5.56 Å². The van der Waals surface area contributed by atoms with Crippen LogP contribution in [0.5, 0.6) is 5.75 Å². The van der Waals surface area contributed by atoms with Crippen molar-refractivity contribution in [3.63, 3.8) is 0 Å². The van der Waals surface area contributed by atoms with Gasteiger partial charge in [0.1, 0.15) is 5.75 Å². The molecule has 0 unspecified atom stereocenters. The maximum Gasteiger partial charge on any atom is 0.262 e. The SMILES string of the molecule is CCNC(=O)c1cccc(NC(=O)COc2ccc(CC)cc2Br)c1. The average Bonchev–Trinajstić information content (AvgIpc) is 2.61. The molecular formula is C19H21BrN2O3. The van der Waals surface area contributed by atoms with Crippen molar-refractivity contribution in [3.05, 3.63) is 58.1 Å². The Morgan fingerprint density at radius 2 is 1.92 bits per heavy atom. The number of hydrogen-bond acceptors (Lipinski definition) is 3. The van der Waals surface area contributed by atoms with E-state index in [1.807, 2.05) is 25.1 Å². The minimum absolute atomic E-state index is 0.116. The van der Waals surface area contributed by atoms with Crippen LogP contribution in [0.25, 0.3) is 0 Å². The molecule has 0 aliphatic rings. The number of hydrogen-bond donors (Lipinski definition) is 2. The normalized spacial score (nSPS) is 10.2. The third-order valence-corrected chi connectivity index (χ3v) is 4.13. The third-order valence-electron chi connectivity index (χ3n) is 3.51. The highest BCUT2D eigenvalue weighted by Gasteiger charge is 2.09. The fraction of sp³-hybridized carbons (Fsp3) is 0.263. The van der Waals surface area contributed by atoms with Crippen molar-refractivity contribution in [2.75, 3.05) is 18.5 Å². The number of aryl methyl sites for hydroxylation is 1. The van der Waals surface area contributed by atoms with Crippen molar-refractivity contribution in [2.45, 2.75) is 20.3 Å². The first-order valence-corrected chi connectivity index (χ1v) is 8.92. The van der Waals surface area contributed by atoms with Gasteiger partial charge in [0.15, 0.2) is 6.61 Å². The van der Waals surface area contributed by atoms with Gasteiger partial charge in [0.25, 0.3) is 11.8 Å². The van der Waals surface area contributed by atoms with Gasteiger partial charge in [-0.2, -0.15) is 0 Å². The molecule has 0 heterocycles. The average molecular weight is 405 g/mol. The minimum Gasteiger partial charge on any atom is -0.483 e. The van der Waals surface area contributed by atoms with E-state index >= 15 is 0 Å². The summed E-state index contributed by atoms with van der Waals surface area (Å²) < 4.78 is 6.37. The molecule has 2 amide bonds. The Morgan fingerprint density at radius 1 is 1.12 bits per heavy atom. The van der Waals surface area contributed by atoms with Gasteiger partial charge in [-0.05, 0) is 65.2 Å². The van der Waals surface area contributed by atoms with E-state index in [-0.39, 0.29) is 18.4 Å². The summed E-state index contributed by atoms with van der Waals surface area (Å²) in [7, 11) is 0. The van der Waals surface area contributed by atoms with Gasteiger partial charge >= 0.3 is 0 Å². The third kappa shape index (κ3) is 5.60. The lowest BCUT2D eigenvalue weighted by atomic mass is 10.2. The van der Waals surface area contributed by atoms with Crippen LogP contribution in [0.2, 0.25) is 0 Å². The van der Waals surface area contributed by atoms with Crippen LogP contribution in [0.4, 0.5) is 5.69 Å². The lowest BCUT2D eigenvalue weighted by molar-refractivity contribution is -0.118. The van der Waals surface area contributed by atoms with E-state index in [2.05, 4.69) is 33.5 Å². The molecule has 0 saturated heterocycles. The van der Waals surface area contributed by atoms with Crippen molar-refractivity contribution in [1.82, 2.24) is 5.32 Å². The maximum absolute atomic E-state index is 12.1. The molecule has 0 aliphatic heterocycles. The Morgan fingerprint density at radius 3 is 2.60 bits per heavy atom. The van der Waals surface area contributed by atoms with Crippen molar-refractivity contribution in [2.24, 2.45) is 0 Å². The first kappa shape index (κ1) is 19.0. The summed E-state index contributed by atoms with van der Waals surface area (Å²) in [5.74, 6) is 0.151. The molecule has 0 radical (unpaired) electrons. The maximum atomic E-state index is 12.1. The summed E-state index contributed by atoms with van der Waals surface area (Å²) in [6, 6.07) is 12.6. The molecular weight excluding hydrogens is 384 g/mol. The number of halogens is 1. The van der Waals surface area contributed by atoms with Gasteiger partial charge in [0.05, 0.1) is 4.47 Å². The van der Waals surface area contributed by atoms with Crippen LogP contribution in [0.1, 0.15) is 29.8 Å². The summed E-state index contributed by atoms with van der Waals surface area (Å²) in [5.41, 5.74) is 2.24. The summed E-state index contributed by atoms with van der Waals surface area (Å²) in [6.07, 6.45) is 0.932. The Labute approximate surface area is 155 Å². The van der Waals surface area contributed by atoms with E-state index in [0.717, 1.165) is 10.9 Å². The number of benzene rings is 2. The zero-order valence-corrected chi connectivity index (χ0v) is 15.9. The fourth-order valence-electron chi connectivity index (χ4n) is 2.22. The Hall–Kier alpha value is -2.34. The second-order valence-electron chi connectivity index (χ2n) is 5.40. The number of rotatable bonds is 7. The molecule has 0 fully saturated rings. The molecule has 0 bridgehead atoms. The lowest BCUT2D eigenvalue weighted by Crippen LogP contribution is -2.23. The van der Waals surface area contributed by atoms with Crippen LogP contribution < -0.4 is 15.4 Å². The Kier molecular flexibility index (Phi) is 7.01. The van der Waals surface area contributed by atoms with E-state index < -0.39 is 0 Å². The lowest BCUT2D eigenvalue weighted by Gasteiger charge is -2.10. The molecule has 0 saturated carbocycles. The molecule has 2 aromatic rings. The topological polar surface area (TPSA) is 67.4 Å². The van der Waals surface area contributed by atoms with Crippen LogP contribution in [-0.4, -0.2) is 25.0 Å². The van der Waals surface area contributed by atoms with Crippen molar-refractivity contribution < 1.29 is 14.3 Å². The predicted molar refractivity (Wildman–Crippen MR) is 102 cm³/mol. The Balaban J connectivity index is 1.94. The molecule has 0 aliphatic carbocycles. The molecule has 2 aromatic carbocycles. The number of carbonyl (C=O) groups is 2. The Bertz CT molecular complexity index is 762. The summed E-state index contributed by atoms with van der Waals surface area (Å²) in [4.78, 5) is 23.9. The van der Waals surface area contributed by atoms with Gasteiger partial charge < -0.3 is 15.4 Å². The number of amides is 2. The molecule has 132 valence electrons. The molecule has 0 spiro atoms. The number of carbonyl (C=O) groups excluding carboxylic acids is 2. The van der Waals surface area contributed by atoms with Gasteiger partial charge in [-0.1, -0.05) is 19.1 Å². The van der Waals surface area contributed by atoms with Crippen molar-refractivity contribution in [1.29, 1.82) is 0 Å². The second kappa shape index (κ2) is 9.22. The molecule has 2 rings (SSSR count). The largest absolute Gasteiger partial charge is 0.483 e. The van der Waals surface area contributed by atoms with Crippen molar-refractivity contribution in [3.8, 4) is 5.75 Å². The minimum atomic E-state index is -0.292. The number of anilines is 1. The molecule has 0 aromatic heterocycles. The number of nitrogens with one attached hydrogen (secondary N) is 2.